The summed E-state index contributed by atoms with van der Waals surface area (Å²) in [5.41, 5.74) is 0.579. The van der Waals surface area contributed by atoms with Gasteiger partial charge in [0.05, 0.1) is 0 Å². The van der Waals surface area contributed by atoms with Crippen LogP contribution in [0.4, 0.5) is 0 Å². The van der Waals surface area contributed by atoms with Gasteiger partial charge in [0.1, 0.15) is 5.75 Å². The van der Waals surface area contributed by atoms with E-state index >= 15 is 0 Å². The zero-order valence-corrected chi connectivity index (χ0v) is 14.6. The number of Topliss-reactive ketones (excluding diaryl/α,β-unsaturated/α-hetero) is 1. The summed E-state index contributed by atoms with van der Waals surface area (Å²) < 4.78 is 5.66. The molecule has 3 atom stereocenters. The minimum atomic E-state index is -0.601. The largest absolute Gasteiger partial charge is 0.481 e. The molecule has 0 radical (unpaired) electrons. The van der Waals surface area contributed by atoms with Crippen LogP contribution in [0.25, 0.3) is 0 Å². The molecule has 0 spiro atoms. The summed E-state index contributed by atoms with van der Waals surface area (Å²) >= 11 is 0. The zero-order chi connectivity index (χ0) is 16.1. The van der Waals surface area contributed by atoms with Crippen molar-refractivity contribution in [2.24, 2.45) is 0 Å². The maximum atomic E-state index is 12.2. The number of halogens is 1. The Labute approximate surface area is 143 Å². The highest BCUT2D eigenvalue weighted by Gasteiger charge is 2.25. The van der Waals surface area contributed by atoms with E-state index in [0.29, 0.717) is 11.3 Å². The maximum Gasteiger partial charge on any atom is 0.261 e. The molecule has 1 saturated heterocycles. The molecule has 1 aliphatic heterocycles. The first-order valence-electron chi connectivity index (χ1n) is 7.79. The van der Waals surface area contributed by atoms with Gasteiger partial charge in [-0.1, -0.05) is 12.1 Å². The van der Waals surface area contributed by atoms with Crippen LogP contribution in [0.15, 0.2) is 24.3 Å². The van der Waals surface area contributed by atoms with Gasteiger partial charge in [-0.3, -0.25) is 9.59 Å². The highest BCUT2D eigenvalue weighted by atomic mass is 35.5. The van der Waals surface area contributed by atoms with Crippen molar-refractivity contribution in [3.05, 3.63) is 29.8 Å². The van der Waals surface area contributed by atoms with Crippen LogP contribution >= 0.6 is 12.4 Å². The van der Waals surface area contributed by atoms with Crippen LogP contribution in [0.3, 0.4) is 0 Å². The van der Waals surface area contributed by atoms with Crippen molar-refractivity contribution < 1.29 is 14.3 Å². The molecule has 128 valence electrons. The van der Waals surface area contributed by atoms with Crippen LogP contribution in [-0.4, -0.2) is 36.4 Å². The fraction of sp³-hybridized carbons (Fsp3) is 0.529. The number of amides is 1. The molecule has 1 aromatic carbocycles. The van der Waals surface area contributed by atoms with E-state index < -0.39 is 6.10 Å². The van der Waals surface area contributed by atoms with Crippen LogP contribution in [0, 0.1) is 0 Å². The molecule has 0 saturated carbocycles. The fourth-order valence-electron chi connectivity index (χ4n) is 2.59. The van der Waals surface area contributed by atoms with Gasteiger partial charge in [-0.05, 0) is 52.3 Å². The van der Waals surface area contributed by atoms with E-state index in [0.717, 1.165) is 19.4 Å². The minimum absolute atomic E-state index is 0. The first kappa shape index (κ1) is 19.5. The van der Waals surface area contributed by atoms with Crippen molar-refractivity contribution >= 4 is 24.1 Å². The number of benzene rings is 1. The number of hydrogen-bond acceptors (Lipinski definition) is 4. The van der Waals surface area contributed by atoms with Crippen LogP contribution in [-0.2, 0) is 4.79 Å². The van der Waals surface area contributed by atoms with Gasteiger partial charge in [0.15, 0.2) is 11.9 Å². The van der Waals surface area contributed by atoms with Gasteiger partial charge >= 0.3 is 0 Å². The summed E-state index contributed by atoms with van der Waals surface area (Å²) in [6.07, 6.45) is 1.44. The number of rotatable bonds is 5. The molecule has 1 fully saturated rings. The minimum Gasteiger partial charge on any atom is -0.481 e. The lowest BCUT2D eigenvalue weighted by atomic mass is 10.00. The Balaban J connectivity index is 0.00000264. The van der Waals surface area contributed by atoms with Gasteiger partial charge in [-0.15, -0.1) is 12.4 Å². The van der Waals surface area contributed by atoms with Gasteiger partial charge in [0, 0.05) is 17.6 Å². The Morgan fingerprint density at radius 2 is 2.13 bits per heavy atom. The molecule has 5 nitrogen and oxygen atoms in total. The predicted octanol–water partition coefficient (Wildman–Crippen LogP) is 2.34. The van der Waals surface area contributed by atoms with E-state index in [-0.39, 0.29) is 36.2 Å². The number of carbonyl (C=O) groups excluding carboxylic acids is 2. The Hall–Kier alpha value is -1.59. The average molecular weight is 341 g/mol. The molecule has 23 heavy (non-hydrogen) atoms. The molecule has 2 rings (SSSR count). The molecule has 1 aliphatic rings. The van der Waals surface area contributed by atoms with Crippen LogP contribution in [0.5, 0.6) is 5.75 Å². The van der Waals surface area contributed by atoms with E-state index in [1.165, 1.54) is 6.92 Å². The average Bonchev–Trinajstić information content (AvgIpc) is 2.49. The molecule has 0 bridgehead atoms. The van der Waals surface area contributed by atoms with E-state index in [2.05, 4.69) is 17.6 Å². The van der Waals surface area contributed by atoms with Gasteiger partial charge in [0.2, 0.25) is 0 Å². The molecule has 6 heteroatoms. The third-order valence-electron chi connectivity index (χ3n) is 4.01. The topological polar surface area (TPSA) is 67.4 Å². The second kappa shape index (κ2) is 8.89. The third-order valence-corrected chi connectivity index (χ3v) is 4.01. The molecule has 0 aliphatic carbocycles. The van der Waals surface area contributed by atoms with Crippen LogP contribution in [0.1, 0.15) is 44.0 Å². The number of hydrogen-bond donors (Lipinski definition) is 2. The smallest absolute Gasteiger partial charge is 0.261 e. The first-order valence-corrected chi connectivity index (χ1v) is 7.79. The molecule has 2 N–H and O–H groups in total. The molecular weight excluding hydrogens is 316 g/mol. The molecule has 1 heterocycles. The van der Waals surface area contributed by atoms with Gasteiger partial charge in [0.25, 0.3) is 5.91 Å². The lowest BCUT2D eigenvalue weighted by Gasteiger charge is -2.31. The lowest BCUT2D eigenvalue weighted by molar-refractivity contribution is -0.128. The zero-order valence-electron chi connectivity index (χ0n) is 13.8. The molecule has 3 unspecified atom stereocenters. The highest BCUT2D eigenvalue weighted by Crippen LogP contribution is 2.16. The molecule has 1 amide bonds. The quantitative estimate of drug-likeness (QED) is 0.807. The van der Waals surface area contributed by atoms with E-state index in [1.807, 2.05) is 0 Å². The SMILES string of the molecule is CC(=O)c1cccc(OC(C)C(=O)NC2CCCNC2C)c1.Cl. The number of nitrogens with one attached hydrogen (secondary N) is 2. The summed E-state index contributed by atoms with van der Waals surface area (Å²) in [6, 6.07) is 7.30. The Bertz CT molecular complexity index is 550. The van der Waals surface area contributed by atoms with Crippen molar-refractivity contribution in [2.75, 3.05) is 6.54 Å². The summed E-state index contributed by atoms with van der Waals surface area (Å²) in [6.45, 7) is 6.30. The Morgan fingerprint density at radius 1 is 1.39 bits per heavy atom. The summed E-state index contributed by atoms with van der Waals surface area (Å²) in [4.78, 5) is 23.6. The van der Waals surface area contributed by atoms with Crippen LogP contribution in [0.2, 0.25) is 0 Å². The standard InChI is InChI=1S/C17H24N2O3.ClH/c1-11-16(8-5-9-18-11)19-17(21)13(3)22-15-7-4-6-14(10-15)12(2)20;/h4,6-7,10-11,13,16,18H,5,8-9H2,1-3H3,(H,19,21);1H. The highest BCUT2D eigenvalue weighted by molar-refractivity contribution is 5.94. The first-order chi connectivity index (χ1) is 10.5. The van der Waals surface area contributed by atoms with Crippen molar-refractivity contribution in [1.82, 2.24) is 10.6 Å². The normalized spacial score (nSPS) is 21.7. The van der Waals surface area contributed by atoms with Crippen molar-refractivity contribution in [3.63, 3.8) is 0 Å². The van der Waals surface area contributed by atoms with E-state index in [9.17, 15) is 9.59 Å². The second-order valence-electron chi connectivity index (χ2n) is 5.84. The Morgan fingerprint density at radius 3 is 2.78 bits per heavy atom. The Kier molecular flexibility index (Phi) is 7.52. The number of piperidine rings is 1. The van der Waals surface area contributed by atoms with Crippen molar-refractivity contribution in [3.8, 4) is 5.75 Å². The number of carbonyl (C=O) groups is 2. The fourth-order valence-corrected chi connectivity index (χ4v) is 2.59. The second-order valence-corrected chi connectivity index (χ2v) is 5.84. The molecular formula is C17H25ClN2O3. The van der Waals surface area contributed by atoms with Gasteiger partial charge < -0.3 is 15.4 Å². The van der Waals surface area contributed by atoms with E-state index in [1.54, 1.807) is 31.2 Å². The third kappa shape index (κ3) is 5.52. The van der Waals surface area contributed by atoms with Gasteiger partial charge in [-0.2, -0.15) is 0 Å². The van der Waals surface area contributed by atoms with Gasteiger partial charge in [-0.25, -0.2) is 0 Å². The van der Waals surface area contributed by atoms with Crippen molar-refractivity contribution in [2.45, 2.75) is 51.8 Å². The monoisotopic (exact) mass is 340 g/mol. The summed E-state index contributed by atoms with van der Waals surface area (Å²) in [5, 5.41) is 6.39. The lowest BCUT2D eigenvalue weighted by Crippen LogP contribution is -2.54. The number of ether oxygens (including phenoxy) is 1. The number of ketones is 1. The van der Waals surface area contributed by atoms with Crippen LogP contribution < -0.4 is 15.4 Å². The summed E-state index contributed by atoms with van der Waals surface area (Å²) in [7, 11) is 0. The van der Waals surface area contributed by atoms with E-state index in [4.69, 9.17) is 4.74 Å². The molecule has 0 aromatic heterocycles. The predicted molar refractivity (Wildman–Crippen MR) is 92.4 cm³/mol. The summed E-state index contributed by atoms with van der Waals surface area (Å²) in [5.74, 6) is 0.378. The molecule has 1 aromatic rings. The maximum absolute atomic E-state index is 12.2. The van der Waals surface area contributed by atoms with Crippen molar-refractivity contribution in [1.29, 1.82) is 0 Å².